The molecule has 0 fully saturated rings. The van der Waals surface area contributed by atoms with E-state index in [9.17, 15) is 13.2 Å². The van der Waals surface area contributed by atoms with Crippen molar-refractivity contribution in [1.29, 1.82) is 0 Å². The molecule has 1 aliphatic heterocycles. The summed E-state index contributed by atoms with van der Waals surface area (Å²) in [6.45, 7) is 2.14. The molecule has 1 heterocycles. The molecule has 130 valence electrons. The number of hydrogen-bond acceptors (Lipinski definition) is 4. The van der Waals surface area contributed by atoms with Gasteiger partial charge in [-0.2, -0.15) is 0 Å². The Labute approximate surface area is 147 Å². The first kappa shape index (κ1) is 17.2. The van der Waals surface area contributed by atoms with E-state index < -0.39 is 16.1 Å². The number of benzene rings is 2. The minimum atomic E-state index is -3.59. The van der Waals surface area contributed by atoms with Crippen LogP contribution in [0.15, 0.2) is 64.5 Å². The minimum Gasteiger partial charge on any atom is -0.354 e. The summed E-state index contributed by atoms with van der Waals surface area (Å²) in [4.78, 5) is 16.6. The number of aliphatic imine (C=N–C) groups is 1. The van der Waals surface area contributed by atoms with E-state index in [4.69, 9.17) is 0 Å². The molecular weight excluding hydrogens is 338 g/mol. The van der Waals surface area contributed by atoms with Crippen molar-refractivity contribution in [2.45, 2.75) is 24.3 Å². The standard InChI is InChI=1S/C18H19N3O3S/c1-13(18(22)19-12-11-14-7-3-2-4-8-14)20-17-15-9-5-6-10-16(15)25(23,24)21-17/h2-10,13H,11-12H2,1H3,(H,19,22)(H,20,21)/t13-/m0/s1. The van der Waals surface area contributed by atoms with Crippen LogP contribution in [0.2, 0.25) is 0 Å². The Hall–Kier alpha value is -2.67. The maximum Gasteiger partial charge on any atom is 0.263 e. The summed E-state index contributed by atoms with van der Waals surface area (Å²) in [5.41, 5.74) is 1.63. The third-order valence-electron chi connectivity index (χ3n) is 3.92. The SMILES string of the molecule is C[C@H](N=C1NS(=O)(=O)c2ccccc21)C(=O)NCCc1ccccc1. The van der Waals surface area contributed by atoms with Gasteiger partial charge < -0.3 is 5.32 Å². The Balaban J connectivity index is 1.64. The van der Waals surface area contributed by atoms with E-state index in [0.717, 1.165) is 12.0 Å². The van der Waals surface area contributed by atoms with Crippen LogP contribution in [0, 0.1) is 0 Å². The second-order valence-electron chi connectivity index (χ2n) is 5.78. The average molecular weight is 357 g/mol. The van der Waals surface area contributed by atoms with Crippen molar-refractivity contribution in [3.8, 4) is 0 Å². The molecule has 1 amide bonds. The molecule has 2 aromatic carbocycles. The van der Waals surface area contributed by atoms with E-state index >= 15 is 0 Å². The van der Waals surface area contributed by atoms with Gasteiger partial charge in [0.05, 0.1) is 4.90 Å². The minimum absolute atomic E-state index is 0.186. The second kappa shape index (κ2) is 7.06. The molecule has 3 rings (SSSR count). The summed E-state index contributed by atoms with van der Waals surface area (Å²) in [7, 11) is -3.59. The fourth-order valence-corrected chi connectivity index (χ4v) is 3.84. The summed E-state index contributed by atoms with van der Waals surface area (Å²) >= 11 is 0. The van der Waals surface area contributed by atoms with Gasteiger partial charge in [-0.3, -0.25) is 14.5 Å². The lowest BCUT2D eigenvalue weighted by Gasteiger charge is -2.10. The highest BCUT2D eigenvalue weighted by atomic mass is 32.2. The third-order valence-corrected chi connectivity index (χ3v) is 5.32. The van der Waals surface area contributed by atoms with Gasteiger partial charge in [0.25, 0.3) is 10.0 Å². The first-order valence-corrected chi connectivity index (χ1v) is 9.47. The number of amidine groups is 1. The van der Waals surface area contributed by atoms with Gasteiger partial charge in [-0.05, 0) is 31.0 Å². The number of nitrogens with one attached hydrogen (secondary N) is 2. The number of sulfonamides is 1. The predicted molar refractivity (Wildman–Crippen MR) is 95.9 cm³/mol. The molecule has 7 heteroatoms. The zero-order chi connectivity index (χ0) is 17.9. The Bertz CT molecular complexity index is 908. The molecule has 0 bridgehead atoms. The summed E-state index contributed by atoms with van der Waals surface area (Å²) in [6.07, 6.45) is 0.728. The summed E-state index contributed by atoms with van der Waals surface area (Å²) in [6, 6.07) is 15.7. The lowest BCUT2D eigenvalue weighted by atomic mass is 10.1. The molecule has 0 saturated carbocycles. The van der Waals surface area contributed by atoms with Crippen molar-refractivity contribution >= 4 is 21.8 Å². The van der Waals surface area contributed by atoms with Gasteiger partial charge in [0.2, 0.25) is 5.91 Å². The quantitative estimate of drug-likeness (QED) is 0.849. The van der Waals surface area contributed by atoms with E-state index in [1.165, 1.54) is 6.07 Å². The summed E-state index contributed by atoms with van der Waals surface area (Å²) in [5.74, 6) is -0.0340. The van der Waals surface area contributed by atoms with Gasteiger partial charge in [0, 0.05) is 12.1 Å². The topological polar surface area (TPSA) is 87.6 Å². The fourth-order valence-electron chi connectivity index (χ4n) is 2.60. The van der Waals surface area contributed by atoms with Gasteiger partial charge in [-0.15, -0.1) is 0 Å². The molecule has 1 atom stereocenters. The molecule has 25 heavy (non-hydrogen) atoms. The van der Waals surface area contributed by atoms with Crippen LogP contribution in [0.25, 0.3) is 0 Å². The smallest absolute Gasteiger partial charge is 0.263 e. The molecule has 0 aliphatic carbocycles. The van der Waals surface area contributed by atoms with Crippen LogP contribution in [0.1, 0.15) is 18.1 Å². The molecule has 0 saturated heterocycles. The lowest BCUT2D eigenvalue weighted by Crippen LogP contribution is -2.35. The normalized spacial score (nSPS) is 17.6. The van der Waals surface area contributed by atoms with Crippen molar-refractivity contribution in [1.82, 2.24) is 10.0 Å². The highest BCUT2D eigenvalue weighted by Crippen LogP contribution is 2.22. The zero-order valence-corrected chi connectivity index (χ0v) is 14.6. The zero-order valence-electron chi connectivity index (χ0n) is 13.8. The van der Waals surface area contributed by atoms with Crippen molar-refractivity contribution < 1.29 is 13.2 Å². The van der Waals surface area contributed by atoms with Crippen LogP contribution >= 0.6 is 0 Å². The van der Waals surface area contributed by atoms with Gasteiger partial charge in [0.1, 0.15) is 11.9 Å². The second-order valence-corrected chi connectivity index (χ2v) is 7.43. The number of nitrogens with zero attached hydrogens (tertiary/aromatic N) is 1. The number of rotatable bonds is 5. The van der Waals surface area contributed by atoms with Crippen molar-refractivity contribution in [3.05, 3.63) is 65.7 Å². The van der Waals surface area contributed by atoms with Crippen LogP contribution < -0.4 is 10.0 Å². The van der Waals surface area contributed by atoms with E-state index in [1.807, 2.05) is 30.3 Å². The fraction of sp³-hybridized carbons (Fsp3) is 0.222. The lowest BCUT2D eigenvalue weighted by molar-refractivity contribution is -0.121. The van der Waals surface area contributed by atoms with Crippen LogP contribution in [0.3, 0.4) is 0 Å². The summed E-state index contributed by atoms with van der Waals surface area (Å²) < 4.78 is 26.5. The van der Waals surface area contributed by atoms with E-state index in [2.05, 4.69) is 15.0 Å². The van der Waals surface area contributed by atoms with E-state index in [0.29, 0.717) is 12.1 Å². The number of hydrogen-bond donors (Lipinski definition) is 2. The van der Waals surface area contributed by atoms with Gasteiger partial charge in [-0.1, -0.05) is 42.5 Å². The summed E-state index contributed by atoms with van der Waals surface area (Å²) in [5, 5.41) is 2.83. The molecular formula is C18H19N3O3S. The maximum atomic E-state index is 12.2. The van der Waals surface area contributed by atoms with Gasteiger partial charge in [0.15, 0.2) is 0 Å². The van der Waals surface area contributed by atoms with E-state index in [-0.39, 0.29) is 16.6 Å². The average Bonchev–Trinajstić information content (AvgIpc) is 2.86. The Morgan fingerprint density at radius 2 is 1.80 bits per heavy atom. The molecule has 1 aliphatic rings. The maximum absolute atomic E-state index is 12.2. The highest BCUT2D eigenvalue weighted by Gasteiger charge is 2.31. The van der Waals surface area contributed by atoms with Gasteiger partial charge >= 0.3 is 0 Å². The molecule has 2 aromatic rings. The van der Waals surface area contributed by atoms with Crippen LogP contribution in [0.5, 0.6) is 0 Å². The molecule has 0 spiro atoms. The number of amides is 1. The van der Waals surface area contributed by atoms with Crippen LogP contribution in [0.4, 0.5) is 0 Å². The third kappa shape index (κ3) is 3.88. The Kier molecular flexibility index (Phi) is 4.85. The molecule has 6 nitrogen and oxygen atoms in total. The first-order chi connectivity index (χ1) is 12.0. The Morgan fingerprint density at radius 1 is 1.12 bits per heavy atom. The predicted octanol–water partition coefficient (Wildman–Crippen LogP) is 1.47. The molecule has 0 unspecified atom stereocenters. The number of fused-ring (bicyclic) bond motifs is 1. The number of carbonyl (C=O) groups excluding carboxylic acids is 1. The first-order valence-electron chi connectivity index (χ1n) is 7.99. The molecule has 0 aromatic heterocycles. The Morgan fingerprint density at radius 3 is 2.56 bits per heavy atom. The van der Waals surface area contributed by atoms with Gasteiger partial charge in [-0.25, -0.2) is 8.42 Å². The highest BCUT2D eigenvalue weighted by molar-refractivity contribution is 7.90. The van der Waals surface area contributed by atoms with Crippen molar-refractivity contribution in [3.63, 3.8) is 0 Å². The molecule has 0 radical (unpaired) electrons. The van der Waals surface area contributed by atoms with Crippen LogP contribution in [-0.4, -0.2) is 32.7 Å². The van der Waals surface area contributed by atoms with Crippen LogP contribution in [-0.2, 0) is 21.2 Å². The monoisotopic (exact) mass is 357 g/mol. The van der Waals surface area contributed by atoms with E-state index in [1.54, 1.807) is 25.1 Å². The largest absolute Gasteiger partial charge is 0.354 e. The van der Waals surface area contributed by atoms with Crippen molar-refractivity contribution in [2.24, 2.45) is 4.99 Å². The van der Waals surface area contributed by atoms with Crippen molar-refractivity contribution in [2.75, 3.05) is 6.54 Å². The number of carbonyl (C=O) groups is 1. The molecule has 2 N–H and O–H groups in total.